The van der Waals surface area contributed by atoms with Crippen LogP contribution in [-0.4, -0.2) is 41.5 Å². The molecule has 0 aromatic heterocycles. The highest BCUT2D eigenvalue weighted by Gasteiger charge is 2.27. The summed E-state index contributed by atoms with van der Waals surface area (Å²) in [5.74, 6) is -1.89. The van der Waals surface area contributed by atoms with Crippen LogP contribution in [0.5, 0.6) is 0 Å². The fourth-order valence-electron chi connectivity index (χ4n) is 3.11. The van der Waals surface area contributed by atoms with E-state index in [9.17, 15) is 19.1 Å². The molecule has 5 nitrogen and oxygen atoms in total. The van der Waals surface area contributed by atoms with Gasteiger partial charge in [-0.15, -0.1) is 0 Å². The maximum atomic E-state index is 13.7. The van der Waals surface area contributed by atoms with Crippen molar-refractivity contribution >= 4 is 17.5 Å². The van der Waals surface area contributed by atoms with Gasteiger partial charge in [0.25, 0.3) is 0 Å². The zero-order valence-electron chi connectivity index (χ0n) is 14.2. The number of anilines is 1. The Kier molecular flexibility index (Phi) is 6.31. The van der Waals surface area contributed by atoms with Gasteiger partial charge >= 0.3 is 11.8 Å². The second kappa shape index (κ2) is 8.24. The van der Waals surface area contributed by atoms with Crippen LogP contribution in [0.2, 0.25) is 0 Å². The number of aliphatic hydroxyl groups excluding tert-OH is 1. The monoisotopic (exact) mass is 336 g/mol. The molecule has 1 aliphatic carbocycles. The summed E-state index contributed by atoms with van der Waals surface area (Å²) in [6.45, 7) is 2.19. The highest BCUT2D eigenvalue weighted by Crippen LogP contribution is 2.25. The molecule has 6 heteroatoms. The van der Waals surface area contributed by atoms with Crippen molar-refractivity contribution in [3.8, 4) is 0 Å². The average Bonchev–Trinajstić information content (AvgIpc) is 2.56. The molecule has 0 spiro atoms. The lowest BCUT2D eigenvalue weighted by atomic mass is 9.86. The Morgan fingerprint density at radius 3 is 2.67 bits per heavy atom. The largest absolute Gasteiger partial charge is 0.393 e. The first-order valence-electron chi connectivity index (χ1n) is 8.45. The molecule has 0 heterocycles. The van der Waals surface area contributed by atoms with E-state index in [1.165, 1.54) is 11.0 Å². The van der Waals surface area contributed by atoms with Crippen LogP contribution >= 0.6 is 0 Å². The molecule has 2 amide bonds. The molecule has 24 heavy (non-hydrogen) atoms. The normalized spacial score (nSPS) is 20.5. The maximum absolute atomic E-state index is 13.7. The highest BCUT2D eigenvalue weighted by atomic mass is 19.1. The summed E-state index contributed by atoms with van der Waals surface area (Å²) in [5.41, 5.74) is 0.817. The van der Waals surface area contributed by atoms with Crippen molar-refractivity contribution in [2.45, 2.75) is 45.1 Å². The van der Waals surface area contributed by atoms with E-state index in [1.54, 1.807) is 19.2 Å². The Bertz CT molecular complexity index is 606. The number of aliphatic hydroxyl groups is 1. The van der Waals surface area contributed by atoms with Gasteiger partial charge in [0.2, 0.25) is 0 Å². The summed E-state index contributed by atoms with van der Waals surface area (Å²) in [6.07, 6.45) is 3.75. The molecule has 2 rings (SSSR count). The van der Waals surface area contributed by atoms with E-state index in [1.807, 2.05) is 6.92 Å². The molecule has 2 unspecified atom stereocenters. The van der Waals surface area contributed by atoms with Crippen LogP contribution in [0.1, 0.15) is 38.2 Å². The maximum Gasteiger partial charge on any atom is 0.313 e. The van der Waals surface area contributed by atoms with E-state index >= 15 is 0 Å². The van der Waals surface area contributed by atoms with Gasteiger partial charge in [-0.05, 0) is 37.0 Å². The summed E-state index contributed by atoms with van der Waals surface area (Å²) < 4.78 is 13.7. The number of nitrogens with zero attached hydrogens (tertiary/aromatic N) is 1. The minimum absolute atomic E-state index is 0.00165. The van der Waals surface area contributed by atoms with E-state index in [2.05, 4.69) is 5.32 Å². The van der Waals surface area contributed by atoms with Crippen LogP contribution in [0.25, 0.3) is 0 Å². The first kappa shape index (κ1) is 18.4. The Balaban J connectivity index is 1.93. The van der Waals surface area contributed by atoms with Crippen molar-refractivity contribution < 1.29 is 19.1 Å². The number of aryl methyl sites for hydroxylation is 1. The number of hydrogen-bond donors (Lipinski definition) is 2. The molecule has 0 radical (unpaired) electrons. The van der Waals surface area contributed by atoms with Crippen molar-refractivity contribution in [3.05, 3.63) is 29.6 Å². The van der Waals surface area contributed by atoms with Crippen LogP contribution in [-0.2, 0) is 16.0 Å². The topological polar surface area (TPSA) is 69.6 Å². The van der Waals surface area contributed by atoms with E-state index in [0.29, 0.717) is 18.5 Å². The van der Waals surface area contributed by atoms with E-state index in [-0.39, 0.29) is 11.6 Å². The lowest BCUT2D eigenvalue weighted by Crippen LogP contribution is -2.42. The quantitative estimate of drug-likeness (QED) is 0.829. The Labute approximate surface area is 141 Å². The molecule has 2 atom stereocenters. The predicted molar refractivity (Wildman–Crippen MR) is 90.0 cm³/mol. The minimum atomic E-state index is -0.800. The number of amides is 2. The van der Waals surface area contributed by atoms with Crippen molar-refractivity contribution in [2.24, 2.45) is 5.92 Å². The van der Waals surface area contributed by atoms with Gasteiger partial charge in [-0.1, -0.05) is 25.8 Å². The Morgan fingerprint density at radius 1 is 1.33 bits per heavy atom. The van der Waals surface area contributed by atoms with E-state index < -0.39 is 23.7 Å². The van der Waals surface area contributed by atoms with Crippen molar-refractivity contribution in [1.29, 1.82) is 0 Å². The first-order chi connectivity index (χ1) is 11.4. The third-order valence-corrected chi connectivity index (χ3v) is 4.61. The van der Waals surface area contributed by atoms with Crippen LogP contribution in [0.3, 0.4) is 0 Å². The number of halogens is 1. The number of carbonyl (C=O) groups is 2. The standard InChI is InChI=1S/C18H25FN2O3/c1-3-12-8-9-14(10-15(12)19)20-17(23)18(24)21(2)11-13-6-4-5-7-16(13)22/h8-10,13,16,22H,3-7,11H2,1-2H3,(H,20,23). The van der Waals surface area contributed by atoms with Gasteiger partial charge in [-0.25, -0.2) is 4.39 Å². The molecule has 1 fully saturated rings. The summed E-state index contributed by atoms with van der Waals surface area (Å²) in [6, 6.07) is 4.39. The first-order valence-corrected chi connectivity index (χ1v) is 8.45. The zero-order valence-corrected chi connectivity index (χ0v) is 14.2. The molecule has 1 aliphatic rings. The lowest BCUT2D eigenvalue weighted by Gasteiger charge is -2.30. The lowest BCUT2D eigenvalue weighted by molar-refractivity contribution is -0.143. The van der Waals surface area contributed by atoms with Gasteiger partial charge in [-0.3, -0.25) is 9.59 Å². The number of benzene rings is 1. The number of likely N-dealkylation sites (N-methyl/N-ethyl adjacent to an activating group) is 1. The second-order valence-corrected chi connectivity index (χ2v) is 6.41. The third kappa shape index (κ3) is 4.54. The van der Waals surface area contributed by atoms with Gasteiger partial charge in [0.1, 0.15) is 5.82 Å². The molecule has 1 aromatic rings. The minimum Gasteiger partial charge on any atom is -0.393 e. The summed E-state index contributed by atoms with van der Waals surface area (Å²) in [5, 5.41) is 12.4. The summed E-state index contributed by atoms with van der Waals surface area (Å²) in [7, 11) is 1.55. The van der Waals surface area contributed by atoms with E-state index in [4.69, 9.17) is 0 Å². The molecule has 1 saturated carbocycles. The van der Waals surface area contributed by atoms with Crippen molar-refractivity contribution in [3.63, 3.8) is 0 Å². The molecule has 2 N–H and O–H groups in total. The molecule has 132 valence electrons. The van der Waals surface area contributed by atoms with Crippen molar-refractivity contribution in [2.75, 3.05) is 18.9 Å². The average molecular weight is 336 g/mol. The van der Waals surface area contributed by atoms with Gasteiger partial charge in [-0.2, -0.15) is 0 Å². The molecule has 0 saturated heterocycles. The zero-order chi connectivity index (χ0) is 17.7. The molecular formula is C18H25FN2O3. The van der Waals surface area contributed by atoms with Crippen LogP contribution in [0.15, 0.2) is 18.2 Å². The molecule has 0 bridgehead atoms. The highest BCUT2D eigenvalue weighted by molar-refractivity contribution is 6.39. The SMILES string of the molecule is CCc1ccc(NC(=O)C(=O)N(C)CC2CCCCC2O)cc1F. The fourth-order valence-corrected chi connectivity index (χ4v) is 3.11. The number of rotatable bonds is 4. The Morgan fingerprint density at radius 2 is 2.04 bits per heavy atom. The smallest absolute Gasteiger partial charge is 0.313 e. The van der Waals surface area contributed by atoms with Crippen LogP contribution in [0.4, 0.5) is 10.1 Å². The third-order valence-electron chi connectivity index (χ3n) is 4.61. The summed E-state index contributed by atoms with van der Waals surface area (Å²) >= 11 is 0. The van der Waals surface area contributed by atoms with E-state index in [0.717, 1.165) is 25.7 Å². The van der Waals surface area contributed by atoms with Gasteiger partial charge in [0, 0.05) is 25.2 Å². The number of nitrogens with one attached hydrogen (secondary N) is 1. The molecule has 0 aliphatic heterocycles. The number of carbonyl (C=O) groups excluding carboxylic acids is 2. The molecular weight excluding hydrogens is 311 g/mol. The van der Waals surface area contributed by atoms with Gasteiger partial charge < -0.3 is 15.3 Å². The van der Waals surface area contributed by atoms with Crippen LogP contribution in [0, 0.1) is 11.7 Å². The Hall–Kier alpha value is -1.95. The predicted octanol–water partition coefficient (Wildman–Crippen LogP) is 2.34. The summed E-state index contributed by atoms with van der Waals surface area (Å²) in [4.78, 5) is 25.6. The fraction of sp³-hybridized carbons (Fsp3) is 0.556. The number of hydrogen-bond acceptors (Lipinski definition) is 3. The second-order valence-electron chi connectivity index (χ2n) is 6.41. The van der Waals surface area contributed by atoms with Crippen molar-refractivity contribution in [1.82, 2.24) is 4.90 Å². The van der Waals surface area contributed by atoms with Gasteiger partial charge in [0.05, 0.1) is 6.10 Å². The molecule has 1 aromatic carbocycles. The van der Waals surface area contributed by atoms with Gasteiger partial charge in [0.15, 0.2) is 0 Å². The van der Waals surface area contributed by atoms with Crippen LogP contribution < -0.4 is 5.32 Å².